The molecular weight excluding hydrogens is 279 g/mol. The molecule has 1 aromatic rings. The first-order valence-electron chi connectivity index (χ1n) is 6.56. The van der Waals surface area contributed by atoms with Crippen molar-refractivity contribution in [2.45, 2.75) is 25.1 Å². The van der Waals surface area contributed by atoms with Gasteiger partial charge in [-0.3, -0.25) is 0 Å². The molecular formula is C14H17FN2O4. The van der Waals surface area contributed by atoms with E-state index in [2.05, 4.69) is 0 Å². The molecule has 0 spiro atoms. The van der Waals surface area contributed by atoms with E-state index in [0.717, 1.165) is 4.90 Å². The first kappa shape index (κ1) is 15.2. The number of halogens is 1. The van der Waals surface area contributed by atoms with E-state index in [9.17, 15) is 19.1 Å². The van der Waals surface area contributed by atoms with Gasteiger partial charge in [0.2, 0.25) is 0 Å². The molecule has 1 heterocycles. The topological polar surface area (TPSA) is 81.1 Å². The molecule has 2 atom stereocenters. The van der Waals surface area contributed by atoms with E-state index in [1.165, 1.54) is 18.0 Å². The smallest absolute Gasteiger partial charge is 0.326 e. The van der Waals surface area contributed by atoms with Crippen molar-refractivity contribution >= 4 is 12.0 Å². The average Bonchev–Trinajstić information content (AvgIpc) is 2.82. The molecule has 7 heteroatoms. The highest BCUT2D eigenvalue weighted by Gasteiger charge is 2.40. The lowest BCUT2D eigenvalue weighted by molar-refractivity contribution is -0.141. The second kappa shape index (κ2) is 6.09. The number of amides is 2. The van der Waals surface area contributed by atoms with E-state index in [4.69, 9.17) is 5.11 Å². The van der Waals surface area contributed by atoms with Crippen molar-refractivity contribution in [3.8, 4) is 0 Å². The number of urea groups is 1. The van der Waals surface area contributed by atoms with Crippen LogP contribution in [0.1, 0.15) is 12.0 Å². The standard InChI is InChI=1S/C14H17FN2O4/c1-16(7-9-4-2-3-5-11(9)15)14(21)17-8-10(18)6-12(17)13(19)20/h2-5,10,12,18H,6-8H2,1H3,(H,19,20)/t10-,12+/m1/s1. The number of hydrogen-bond donors (Lipinski definition) is 2. The molecule has 1 aliphatic heterocycles. The highest BCUT2D eigenvalue weighted by Crippen LogP contribution is 2.20. The normalized spacial score (nSPS) is 21.4. The van der Waals surface area contributed by atoms with Crippen LogP contribution in [0.15, 0.2) is 24.3 Å². The van der Waals surface area contributed by atoms with Gasteiger partial charge in [0, 0.05) is 32.1 Å². The lowest BCUT2D eigenvalue weighted by atomic mass is 10.2. The first-order chi connectivity index (χ1) is 9.90. The van der Waals surface area contributed by atoms with Crippen LogP contribution in [0.2, 0.25) is 0 Å². The molecule has 2 N–H and O–H groups in total. The lowest BCUT2D eigenvalue weighted by Gasteiger charge is -2.27. The monoisotopic (exact) mass is 296 g/mol. The van der Waals surface area contributed by atoms with Crippen molar-refractivity contribution in [1.82, 2.24) is 9.80 Å². The summed E-state index contributed by atoms with van der Waals surface area (Å²) in [7, 11) is 1.47. The summed E-state index contributed by atoms with van der Waals surface area (Å²) in [4.78, 5) is 25.7. The first-order valence-corrected chi connectivity index (χ1v) is 6.56. The second-order valence-corrected chi connectivity index (χ2v) is 5.13. The van der Waals surface area contributed by atoms with Crippen LogP contribution in [0.3, 0.4) is 0 Å². The number of nitrogens with zero attached hydrogens (tertiary/aromatic N) is 2. The number of benzene rings is 1. The van der Waals surface area contributed by atoms with Gasteiger partial charge in [-0.1, -0.05) is 18.2 Å². The summed E-state index contributed by atoms with van der Waals surface area (Å²) in [6.07, 6.45) is -0.842. The molecule has 1 aromatic carbocycles. The number of carboxylic acids is 1. The number of aliphatic hydroxyl groups excluding tert-OH is 1. The minimum absolute atomic E-state index is 0.00854. The molecule has 0 radical (unpaired) electrons. The van der Waals surface area contributed by atoms with Crippen molar-refractivity contribution < 1.29 is 24.2 Å². The molecule has 1 fully saturated rings. The Morgan fingerprint density at radius 3 is 2.71 bits per heavy atom. The van der Waals surface area contributed by atoms with Crippen LogP contribution < -0.4 is 0 Å². The largest absolute Gasteiger partial charge is 0.480 e. The van der Waals surface area contributed by atoms with Gasteiger partial charge in [-0.05, 0) is 6.07 Å². The Balaban J connectivity index is 2.08. The molecule has 2 rings (SSSR count). The minimum Gasteiger partial charge on any atom is -0.480 e. The fourth-order valence-corrected chi connectivity index (χ4v) is 2.43. The third kappa shape index (κ3) is 3.30. The Labute approximate surface area is 121 Å². The quantitative estimate of drug-likeness (QED) is 0.868. The molecule has 0 unspecified atom stereocenters. The van der Waals surface area contributed by atoms with E-state index < -0.39 is 30.0 Å². The van der Waals surface area contributed by atoms with Crippen LogP contribution in [-0.4, -0.2) is 57.8 Å². The third-order valence-corrected chi connectivity index (χ3v) is 3.50. The number of aliphatic hydroxyl groups is 1. The van der Waals surface area contributed by atoms with Crippen molar-refractivity contribution in [2.75, 3.05) is 13.6 Å². The van der Waals surface area contributed by atoms with Crippen LogP contribution in [0.5, 0.6) is 0 Å². The van der Waals surface area contributed by atoms with Gasteiger partial charge in [-0.15, -0.1) is 0 Å². The molecule has 6 nitrogen and oxygen atoms in total. The van der Waals surface area contributed by atoms with Gasteiger partial charge < -0.3 is 20.0 Å². The van der Waals surface area contributed by atoms with Gasteiger partial charge in [-0.25, -0.2) is 14.0 Å². The zero-order chi connectivity index (χ0) is 15.6. The summed E-state index contributed by atoms with van der Waals surface area (Å²) in [5, 5.41) is 18.6. The predicted octanol–water partition coefficient (Wildman–Crippen LogP) is 0.897. The van der Waals surface area contributed by atoms with Gasteiger partial charge in [0.05, 0.1) is 6.10 Å². The predicted molar refractivity (Wildman–Crippen MR) is 72.0 cm³/mol. The molecule has 0 bridgehead atoms. The number of β-amino-alcohol motifs (C(OH)–C–C–N with tert-alkyl or cyclic N) is 1. The SMILES string of the molecule is CN(Cc1ccccc1F)C(=O)N1C[C@H](O)C[C@H]1C(=O)O. The third-order valence-electron chi connectivity index (χ3n) is 3.50. The van der Waals surface area contributed by atoms with Gasteiger partial charge in [-0.2, -0.15) is 0 Å². The van der Waals surface area contributed by atoms with Crippen LogP contribution in [0.25, 0.3) is 0 Å². The second-order valence-electron chi connectivity index (χ2n) is 5.13. The van der Waals surface area contributed by atoms with Crippen LogP contribution in [0, 0.1) is 5.82 Å². The van der Waals surface area contributed by atoms with Crippen LogP contribution in [-0.2, 0) is 11.3 Å². The zero-order valence-electron chi connectivity index (χ0n) is 11.6. The maximum absolute atomic E-state index is 13.6. The van der Waals surface area contributed by atoms with Gasteiger partial charge in [0.1, 0.15) is 11.9 Å². The average molecular weight is 296 g/mol. The molecule has 0 saturated carbocycles. The Morgan fingerprint density at radius 1 is 1.43 bits per heavy atom. The lowest BCUT2D eigenvalue weighted by Crippen LogP contribution is -2.46. The maximum Gasteiger partial charge on any atom is 0.326 e. The van der Waals surface area contributed by atoms with E-state index >= 15 is 0 Å². The summed E-state index contributed by atoms with van der Waals surface area (Å²) >= 11 is 0. The molecule has 0 aliphatic carbocycles. The minimum atomic E-state index is -1.15. The maximum atomic E-state index is 13.6. The number of carbonyl (C=O) groups excluding carboxylic acids is 1. The number of hydrogen-bond acceptors (Lipinski definition) is 3. The summed E-state index contributed by atoms with van der Waals surface area (Å²) < 4.78 is 13.6. The molecule has 0 aromatic heterocycles. The van der Waals surface area contributed by atoms with Crippen LogP contribution >= 0.6 is 0 Å². The highest BCUT2D eigenvalue weighted by atomic mass is 19.1. The molecule has 114 valence electrons. The summed E-state index contributed by atoms with van der Waals surface area (Å²) in [5.74, 6) is -1.58. The van der Waals surface area contributed by atoms with E-state index in [1.54, 1.807) is 18.2 Å². The highest BCUT2D eigenvalue weighted by molar-refractivity contribution is 5.83. The number of rotatable bonds is 3. The molecule has 21 heavy (non-hydrogen) atoms. The number of carbonyl (C=O) groups is 2. The molecule has 1 saturated heterocycles. The van der Waals surface area contributed by atoms with Crippen LogP contribution in [0.4, 0.5) is 9.18 Å². The Morgan fingerprint density at radius 2 is 2.10 bits per heavy atom. The zero-order valence-corrected chi connectivity index (χ0v) is 11.6. The van der Waals surface area contributed by atoms with Gasteiger partial charge >= 0.3 is 12.0 Å². The summed E-state index contributed by atoms with van der Waals surface area (Å²) in [6, 6.07) is 4.49. The Hall–Kier alpha value is -2.15. The van der Waals surface area contributed by atoms with Crippen molar-refractivity contribution in [2.24, 2.45) is 0 Å². The van der Waals surface area contributed by atoms with Crippen molar-refractivity contribution in [3.05, 3.63) is 35.6 Å². The molecule has 1 aliphatic rings. The van der Waals surface area contributed by atoms with E-state index in [1.807, 2.05) is 0 Å². The Kier molecular flexibility index (Phi) is 4.42. The molecule has 2 amide bonds. The van der Waals surface area contributed by atoms with Gasteiger partial charge in [0.15, 0.2) is 0 Å². The Bertz CT molecular complexity index is 552. The van der Waals surface area contributed by atoms with Gasteiger partial charge in [0.25, 0.3) is 0 Å². The van der Waals surface area contributed by atoms with E-state index in [-0.39, 0.29) is 19.5 Å². The van der Waals surface area contributed by atoms with Crippen molar-refractivity contribution in [1.29, 1.82) is 0 Å². The number of aliphatic carboxylic acids is 1. The summed E-state index contributed by atoms with van der Waals surface area (Å²) in [5.41, 5.74) is 0.347. The number of carboxylic acid groups (broad SMARTS) is 1. The van der Waals surface area contributed by atoms with E-state index in [0.29, 0.717) is 5.56 Å². The summed E-state index contributed by atoms with van der Waals surface area (Å²) in [6.45, 7) is 0.00184. The van der Waals surface area contributed by atoms with Crippen molar-refractivity contribution in [3.63, 3.8) is 0 Å². The number of likely N-dealkylation sites (tertiary alicyclic amines) is 1. The fourth-order valence-electron chi connectivity index (χ4n) is 2.43. The fraction of sp³-hybridized carbons (Fsp3) is 0.429.